The van der Waals surface area contributed by atoms with Gasteiger partial charge in [0.2, 0.25) is 5.78 Å². The van der Waals surface area contributed by atoms with Gasteiger partial charge < -0.3 is 4.42 Å². The lowest BCUT2D eigenvalue weighted by Gasteiger charge is -2.12. The fourth-order valence-corrected chi connectivity index (χ4v) is 4.09. The zero-order valence-corrected chi connectivity index (χ0v) is 16.7. The largest absolute Gasteiger partial charge is 0.453 e. The first-order valence-electron chi connectivity index (χ1n) is 8.91. The standard InChI is InChI=1S/C21H17ClN2O3S/c1-2-9-24-20(26)15-8-7-14(22)11-16(15)23-21(24)28-12-17(25)19-10-13-5-3-4-6-18(13)27-19/h3-8,10-11H,2,9,12H2,1H3. The van der Waals surface area contributed by atoms with Crippen LogP contribution in [0.2, 0.25) is 5.02 Å². The first-order valence-corrected chi connectivity index (χ1v) is 10.3. The minimum Gasteiger partial charge on any atom is -0.453 e. The maximum absolute atomic E-state index is 12.8. The maximum atomic E-state index is 12.8. The number of fused-ring (bicyclic) bond motifs is 2. The molecule has 7 heteroatoms. The minimum absolute atomic E-state index is 0.123. The van der Waals surface area contributed by atoms with Gasteiger partial charge in [0, 0.05) is 17.0 Å². The second kappa shape index (κ2) is 7.81. The van der Waals surface area contributed by atoms with E-state index in [-0.39, 0.29) is 17.1 Å². The second-order valence-corrected chi connectivity index (χ2v) is 7.75. The average molecular weight is 413 g/mol. The van der Waals surface area contributed by atoms with E-state index < -0.39 is 0 Å². The predicted molar refractivity (Wildman–Crippen MR) is 113 cm³/mol. The molecule has 0 aliphatic heterocycles. The van der Waals surface area contributed by atoms with Gasteiger partial charge in [-0.25, -0.2) is 4.98 Å². The molecule has 142 valence electrons. The predicted octanol–water partition coefficient (Wildman–Crippen LogP) is 5.18. The molecule has 0 spiro atoms. The summed E-state index contributed by atoms with van der Waals surface area (Å²) in [6.07, 6.45) is 0.783. The molecule has 0 saturated carbocycles. The van der Waals surface area contributed by atoms with Crippen LogP contribution in [0.1, 0.15) is 23.9 Å². The fourth-order valence-electron chi connectivity index (χ4n) is 3.03. The van der Waals surface area contributed by atoms with Gasteiger partial charge in [-0.15, -0.1) is 0 Å². The highest BCUT2D eigenvalue weighted by molar-refractivity contribution is 7.99. The number of benzene rings is 2. The van der Waals surface area contributed by atoms with E-state index in [2.05, 4.69) is 4.98 Å². The number of aromatic nitrogens is 2. The SMILES string of the molecule is CCCn1c(SCC(=O)c2cc3ccccc3o2)nc2cc(Cl)ccc2c1=O. The Morgan fingerprint density at radius 2 is 2.04 bits per heavy atom. The Kier molecular flexibility index (Phi) is 5.24. The quantitative estimate of drug-likeness (QED) is 0.248. The van der Waals surface area contributed by atoms with Crippen molar-refractivity contribution in [1.82, 2.24) is 9.55 Å². The minimum atomic E-state index is -0.148. The van der Waals surface area contributed by atoms with E-state index >= 15 is 0 Å². The molecule has 0 unspecified atom stereocenters. The second-order valence-electron chi connectivity index (χ2n) is 6.37. The van der Waals surface area contributed by atoms with Crippen LogP contribution in [0, 0.1) is 0 Å². The molecule has 2 aromatic carbocycles. The lowest BCUT2D eigenvalue weighted by Crippen LogP contribution is -2.23. The first kappa shape index (κ1) is 18.8. The van der Waals surface area contributed by atoms with E-state index in [4.69, 9.17) is 16.0 Å². The summed E-state index contributed by atoms with van der Waals surface area (Å²) in [7, 11) is 0. The summed E-state index contributed by atoms with van der Waals surface area (Å²) in [5.74, 6) is 0.286. The molecule has 4 aromatic rings. The first-order chi connectivity index (χ1) is 13.6. The zero-order valence-electron chi connectivity index (χ0n) is 15.1. The van der Waals surface area contributed by atoms with Gasteiger partial charge in [-0.1, -0.05) is 48.5 Å². The van der Waals surface area contributed by atoms with Crippen LogP contribution in [0.5, 0.6) is 0 Å². The lowest BCUT2D eigenvalue weighted by atomic mass is 10.2. The number of para-hydroxylation sites is 1. The van der Waals surface area contributed by atoms with E-state index in [0.717, 1.165) is 11.8 Å². The molecule has 2 aromatic heterocycles. The smallest absolute Gasteiger partial charge is 0.262 e. The molecule has 0 radical (unpaired) electrons. The Morgan fingerprint density at radius 1 is 1.21 bits per heavy atom. The number of hydrogen-bond acceptors (Lipinski definition) is 5. The Hall–Kier alpha value is -2.57. The molecule has 4 rings (SSSR count). The van der Waals surface area contributed by atoms with Crippen molar-refractivity contribution >= 4 is 51.0 Å². The molecule has 0 atom stereocenters. The number of carbonyl (C=O) groups excluding carboxylic acids is 1. The van der Waals surface area contributed by atoms with Crippen LogP contribution >= 0.6 is 23.4 Å². The summed E-state index contributed by atoms with van der Waals surface area (Å²) in [5.41, 5.74) is 1.09. The molecule has 28 heavy (non-hydrogen) atoms. The van der Waals surface area contributed by atoms with Crippen molar-refractivity contribution in [3.8, 4) is 0 Å². The number of furan rings is 1. The molecule has 0 aliphatic rings. The van der Waals surface area contributed by atoms with Crippen LogP contribution < -0.4 is 5.56 Å². The number of rotatable bonds is 6. The number of halogens is 1. The van der Waals surface area contributed by atoms with Crippen LogP contribution in [0.15, 0.2) is 62.9 Å². The van der Waals surface area contributed by atoms with Crippen LogP contribution in [0.25, 0.3) is 21.9 Å². The van der Waals surface area contributed by atoms with Crippen molar-refractivity contribution in [2.24, 2.45) is 0 Å². The van der Waals surface area contributed by atoms with Gasteiger partial charge in [0.15, 0.2) is 10.9 Å². The normalized spacial score (nSPS) is 11.4. The van der Waals surface area contributed by atoms with Gasteiger partial charge in [0.05, 0.1) is 16.7 Å². The molecule has 0 fully saturated rings. The molecule has 2 heterocycles. The summed E-state index contributed by atoms with van der Waals surface area (Å²) in [6.45, 7) is 2.53. The van der Waals surface area contributed by atoms with Crippen LogP contribution in [-0.2, 0) is 6.54 Å². The molecular weight excluding hydrogens is 396 g/mol. The molecule has 0 saturated heterocycles. The Labute approximate surface area is 170 Å². The third-order valence-corrected chi connectivity index (χ3v) is 5.57. The van der Waals surface area contributed by atoms with Crippen molar-refractivity contribution in [1.29, 1.82) is 0 Å². The highest BCUT2D eigenvalue weighted by Gasteiger charge is 2.16. The zero-order chi connectivity index (χ0) is 19.7. The number of thioether (sulfide) groups is 1. The molecular formula is C21H17ClN2O3S. The molecule has 0 bridgehead atoms. The lowest BCUT2D eigenvalue weighted by molar-refractivity contribution is 0.0994. The van der Waals surface area contributed by atoms with Gasteiger partial charge in [0.1, 0.15) is 5.58 Å². The van der Waals surface area contributed by atoms with Crippen LogP contribution in [-0.4, -0.2) is 21.1 Å². The Balaban J connectivity index is 1.65. The van der Waals surface area contributed by atoms with Gasteiger partial charge in [-0.05, 0) is 36.8 Å². The van der Waals surface area contributed by atoms with Crippen LogP contribution in [0.3, 0.4) is 0 Å². The summed E-state index contributed by atoms with van der Waals surface area (Å²) in [6, 6.07) is 14.3. The Bertz CT molecular complexity index is 1210. The number of carbonyl (C=O) groups is 1. The van der Waals surface area contributed by atoms with Crippen molar-refractivity contribution in [3.05, 3.63) is 69.7 Å². The molecule has 0 amide bonds. The van der Waals surface area contributed by atoms with E-state index in [1.165, 1.54) is 11.8 Å². The number of nitrogens with zero attached hydrogens (tertiary/aromatic N) is 2. The summed E-state index contributed by atoms with van der Waals surface area (Å²) < 4.78 is 7.25. The van der Waals surface area contributed by atoms with Crippen LogP contribution in [0.4, 0.5) is 0 Å². The van der Waals surface area contributed by atoms with E-state index in [0.29, 0.717) is 39.0 Å². The highest BCUT2D eigenvalue weighted by Crippen LogP contribution is 2.24. The van der Waals surface area contributed by atoms with Gasteiger partial charge >= 0.3 is 0 Å². The van der Waals surface area contributed by atoms with Gasteiger partial charge in [-0.3, -0.25) is 14.2 Å². The van der Waals surface area contributed by atoms with E-state index in [1.807, 2.05) is 31.2 Å². The topological polar surface area (TPSA) is 65.1 Å². The summed E-state index contributed by atoms with van der Waals surface area (Å²) in [4.78, 5) is 30.0. The molecule has 5 nitrogen and oxygen atoms in total. The monoisotopic (exact) mass is 412 g/mol. The maximum Gasteiger partial charge on any atom is 0.262 e. The highest BCUT2D eigenvalue weighted by atomic mass is 35.5. The van der Waals surface area contributed by atoms with Crippen molar-refractivity contribution in [2.75, 3.05) is 5.75 Å². The fraction of sp³-hybridized carbons (Fsp3) is 0.190. The Morgan fingerprint density at radius 3 is 2.82 bits per heavy atom. The third-order valence-electron chi connectivity index (χ3n) is 4.36. The van der Waals surface area contributed by atoms with E-state index in [1.54, 1.807) is 28.8 Å². The summed E-state index contributed by atoms with van der Waals surface area (Å²) >= 11 is 7.28. The number of Topliss-reactive ketones (excluding diaryl/α,β-unsaturated/α-hetero) is 1. The van der Waals surface area contributed by atoms with Crippen molar-refractivity contribution in [2.45, 2.75) is 25.0 Å². The van der Waals surface area contributed by atoms with Crippen molar-refractivity contribution < 1.29 is 9.21 Å². The van der Waals surface area contributed by atoms with Gasteiger partial charge in [0.25, 0.3) is 5.56 Å². The summed E-state index contributed by atoms with van der Waals surface area (Å²) in [5, 5.41) is 2.43. The average Bonchev–Trinajstić information content (AvgIpc) is 3.13. The van der Waals surface area contributed by atoms with Crippen molar-refractivity contribution in [3.63, 3.8) is 0 Å². The third kappa shape index (κ3) is 3.57. The molecule has 0 N–H and O–H groups in total. The number of hydrogen-bond donors (Lipinski definition) is 0. The van der Waals surface area contributed by atoms with Gasteiger partial charge in [-0.2, -0.15) is 0 Å². The van der Waals surface area contributed by atoms with E-state index in [9.17, 15) is 9.59 Å². The number of ketones is 1. The molecule has 0 aliphatic carbocycles.